The SMILES string of the molecule is O=C(Cn1nnnc1-c1ccccc1)N1CCc2cc(Cl)ccc2C1. The van der Waals surface area contributed by atoms with Crippen molar-refractivity contribution < 1.29 is 4.79 Å². The van der Waals surface area contributed by atoms with Crippen LogP contribution in [0.15, 0.2) is 48.5 Å². The number of carbonyl (C=O) groups excluding carboxylic acids is 1. The van der Waals surface area contributed by atoms with Gasteiger partial charge in [0.2, 0.25) is 5.91 Å². The molecule has 0 atom stereocenters. The lowest BCUT2D eigenvalue weighted by atomic mass is 10.00. The van der Waals surface area contributed by atoms with E-state index in [1.165, 1.54) is 5.56 Å². The van der Waals surface area contributed by atoms with E-state index in [9.17, 15) is 4.79 Å². The van der Waals surface area contributed by atoms with Gasteiger partial charge in [-0.25, -0.2) is 4.68 Å². The van der Waals surface area contributed by atoms with Crippen molar-refractivity contribution in [2.75, 3.05) is 6.54 Å². The number of nitrogens with zero attached hydrogens (tertiary/aromatic N) is 5. The summed E-state index contributed by atoms with van der Waals surface area (Å²) >= 11 is 6.04. The predicted molar refractivity (Wildman–Crippen MR) is 93.8 cm³/mol. The standard InChI is InChI=1S/C18H16ClN5O/c19-16-7-6-15-11-23(9-8-14(15)10-16)17(25)12-24-18(20-21-22-24)13-4-2-1-3-5-13/h1-7,10H,8-9,11-12H2. The van der Waals surface area contributed by atoms with Crippen molar-refractivity contribution in [2.45, 2.75) is 19.5 Å². The van der Waals surface area contributed by atoms with Gasteiger partial charge in [0.1, 0.15) is 6.54 Å². The average Bonchev–Trinajstić information content (AvgIpc) is 3.10. The number of hydrogen-bond acceptors (Lipinski definition) is 4. The highest BCUT2D eigenvalue weighted by molar-refractivity contribution is 6.30. The molecule has 3 aromatic rings. The van der Waals surface area contributed by atoms with Crippen molar-refractivity contribution in [3.63, 3.8) is 0 Å². The van der Waals surface area contributed by atoms with Crippen LogP contribution in [0.4, 0.5) is 0 Å². The minimum absolute atomic E-state index is 0.00470. The molecule has 0 saturated heterocycles. The third-order valence-corrected chi connectivity index (χ3v) is 4.62. The number of carbonyl (C=O) groups is 1. The van der Waals surface area contributed by atoms with Gasteiger partial charge in [0, 0.05) is 23.7 Å². The van der Waals surface area contributed by atoms with Crippen molar-refractivity contribution >= 4 is 17.5 Å². The van der Waals surface area contributed by atoms with E-state index in [-0.39, 0.29) is 12.5 Å². The number of tetrazole rings is 1. The van der Waals surface area contributed by atoms with Crippen LogP contribution >= 0.6 is 11.6 Å². The highest BCUT2D eigenvalue weighted by Gasteiger charge is 2.22. The molecule has 0 N–H and O–H groups in total. The molecule has 1 aliphatic heterocycles. The summed E-state index contributed by atoms with van der Waals surface area (Å²) in [5, 5.41) is 12.5. The lowest BCUT2D eigenvalue weighted by Gasteiger charge is -2.29. The zero-order valence-corrected chi connectivity index (χ0v) is 14.2. The zero-order valence-electron chi connectivity index (χ0n) is 13.5. The monoisotopic (exact) mass is 353 g/mol. The number of hydrogen-bond donors (Lipinski definition) is 0. The predicted octanol–water partition coefficient (Wildman–Crippen LogP) is 2.58. The van der Waals surface area contributed by atoms with Crippen molar-refractivity contribution in [3.05, 3.63) is 64.7 Å². The molecule has 2 aromatic carbocycles. The first kappa shape index (κ1) is 15.8. The van der Waals surface area contributed by atoms with Gasteiger partial charge in [-0.1, -0.05) is 48.0 Å². The summed E-state index contributed by atoms with van der Waals surface area (Å²) in [4.78, 5) is 14.5. The van der Waals surface area contributed by atoms with Gasteiger partial charge in [-0.05, 0) is 40.1 Å². The van der Waals surface area contributed by atoms with Gasteiger partial charge in [0.05, 0.1) is 0 Å². The van der Waals surface area contributed by atoms with Crippen LogP contribution in [0.5, 0.6) is 0 Å². The van der Waals surface area contributed by atoms with Crippen LogP contribution in [0.25, 0.3) is 11.4 Å². The Morgan fingerprint density at radius 3 is 2.80 bits per heavy atom. The van der Waals surface area contributed by atoms with Gasteiger partial charge in [-0.15, -0.1) is 5.10 Å². The molecule has 1 aromatic heterocycles. The third kappa shape index (κ3) is 3.25. The Bertz CT molecular complexity index is 909. The molecule has 1 aliphatic rings. The van der Waals surface area contributed by atoms with E-state index < -0.39 is 0 Å². The first-order chi connectivity index (χ1) is 12.2. The summed E-state index contributed by atoms with van der Waals surface area (Å²) in [5.41, 5.74) is 3.24. The van der Waals surface area contributed by atoms with Crippen molar-refractivity contribution in [1.82, 2.24) is 25.1 Å². The van der Waals surface area contributed by atoms with Crippen molar-refractivity contribution in [1.29, 1.82) is 0 Å². The summed E-state index contributed by atoms with van der Waals surface area (Å²) < 4.78 is 1.55. The molecular formula is C18H16ClN5O. The van der Waals surface area contributed by atoms with Crippen LogP contribution in [0, 0.1) is 0 Å². The molecule has 25 heavy (non-hydrogen) atoms. The molecule has 4 rings (SSSR count). The van der Waals surface area contributed by atoms with E-state index in [4.69, 9.17) is 11.6 Å². The quantitative estimate of drug-likeness (QED) is 0.726. The highest BCUT2D eigenvalue weighted by atomic mass is 35.5. The molecule has 126 valence electrons. The molecule has 0 unspecified atom stereocenters. The Morgan fingerprint density at radius 2 is 1.96 bits per heavy atom. The van der Waals surface area contributed by atoms with Gasteiger partial charge in [-0.2, -0.15) is 0 Å². The van der Waals surface area contributed by atoms with E-state index in [0.29, 0.717) is 18.9 Å². The molecular weight excluding hydrogens is 338 g/mol. The van der Waals surface area contributed by atoms with Gasteiger partial charge in [0.25, 0.3) is 0 Å². The number of aromatic nitrogens is 4. The lowest BCUT2D eigenvalue weighted by Crippen LogP contribution is -2.38. The molecule has 6 nitrogen and oxygen atoms in total. The molecule has 0 fully saturated rings. The number of fused-ring (bicyclic) bond motifs is 1. The molecule has 0 bridgehead atoms. The summed E-state index contributed by atoms with van der Waals surface area (Å²) in [6, 6.07) is 15.5. The number of amides is 1. The Morgan fingerprint density at radius 1 is 1.12 bits per heavy atom. The van der Waals surface area contributed by atoms with Crippen LogP contribution in [0.1, 0.15) is 11.1 Å². The molecule has 2 heterocycles. The highest BCUT2D eigenvalue weighted by Crippen LogP contribution is 2.23. The maximum Gasteiger partial charge on any atom is 0.244 e. The van der Waals surface area contributed by atoms with Crippen LogP contribution in [0.3, 0.4) is 0 Å². The Balaban J connectivity index is 1.50. The topological polar surface area (TPSA) is 63.9 Å². The fourth-order valence-corrected chi connectivity index (χ4v) is 3.26. The van der Waals surface area contributed by atoms with E-state index >= 15 is 0 Å². The minimum atomic E-state index is 0.00470. The smallest absolute Gasteiger partial charge is 0.244 e. The van der Waals surface area contributed by atoms with Gasteiger partial charge >= 0.3 is 0 Å². The first-order valence-corrected chi connectivity index (χ1v) is 8.45. The zero-order chi connectivity index (χ0) is 17.2. The largest absolute Gasteiger partial charge is 0.336 e. The van der Waals surface area contributed by atoms with Crippen molar-refractivity contribution in [2.24, 2.45) is 0 Å². The second-order valence-electron chi connectivity index (χ2n) is 6.00. The number of benzene rings is 2. The fraction of sp³-hybridized carbons (Fsp3) is 0.222. The molecule has 0 spiro atoms. The van der Waals surface area contributed by atoms with Gasteiger partial charge in [-0.3, -0.25) is 4.79 Å². The third-order valence-electron chi connectivity index (χ3n) is 4.38. The number of rotatable bonds is 3. The molecule has 0 saturated carbocycles. The molecule has 0 radical (unpaired) electrons. The summed E-state index contributed by atoms with van der Waals surface area (Å²) in [6.45, 7) is 1.39. The van der Waals surface area contributed by atoms with Crippen LogP contribution in [0.2, 0.25) is 5.02 Å². The first-order valence-electron chi connectivity index (χ1n) is 8.07. The van der Waals surface area contributed by atoms with Crippen molar-refractivity contribution in [3.8, 4) is 11.4 Å². The van der Waals surface area contributed by atoms with Gasteiger partial charge < -0.3 is 4.90 Å². The van der Waals surface area contributed by atoms with Gasteiger partial charge in [0.15, 0.2) is 5.82 Å². The van der Waals surface area contributed by atoms with E-state index in [1.807, 2.05) is 53.4 Å². The Labute approximate surface area is 150 Å². The summed E-state index contributed by atoms with van der Waals surface area (Å²) in [7, 11) is 0. The van der Waals surface area contributed by atoms with Crippen LogP contribution < -0.4 is 0 Å². The normalized spacial score (nSPS) is 13.6. The van der Waals surface area contributed by atoms with E-state index in [0.717, 1.165) is 22.6 Å². The molecule has 0 aliphatic carbocycles. The molecule has 1 amide bonds. The van der Waals surface area contributed by atoms with Crippen LogP contribution in [-0.4, -0.2) is 37.6 Å². The van der Waals surface area contributed by atoms with E-state index in [1.54, 1.807) is 4.68 Å². The minimum Gasteiger partial charge on any atom is -0.336 e. The van der Waals surface area contributed by atoms with E-state index in [2.05, 4.69) is 15.5 Å². The van der Waals surface area contributed by atoms with Crippen LogP contribution in [-0.2, 0) is 24.3 Å². The molecule has 7 heteroatoms. The second-order valence-corrected chi connectivity index (χ2v) is 6.44. The summed E-state index contributed by atoms with van der Waals surface area (Å²) in [5.74, 6) is 0.600. The fourth-order valence-electron chi connectivity index (χ4n) is 3.07. The number of halogens is 1. The lowest BCUT2D eigenvalue weighted by molar-refractivity contribution is -0.132. The average molecular weight is 354 g/mol. The maximum atomic E-state index is 12.7. The second kappa shape index (κ2) is 6.64. The maximum absolute atomic E-state index is 12.7. The Kier molecular flexibility index (Phi) is 4.19. The summed E-state index contributed by atoms with van der Waals surface area (Å²) in [6.07, 6.45) is 0.808. The Hall–Kier alpha value is -2.73.